The maximum atomic E-state index is 13.9. The van der Waals surface area contributed by atoms with Gasteiger partial charge in [-0.2, -0.15) is 0 Å². The lowest BCUT2D eigenvalue weighted by atomic mass is 9.79. The first-order valence-corrected chi connectivity index (χ1v) is 14.8. The quantitative estimate of drug-likeness (QED) is 0.257. The molecule has 3 aromatic carbocycles. The fourth-order valence-corrected chi connectivity index (χ4v) is 7.02. The lowest BCUT2D eigenvalue weighted by Gasteiger charge is -2.45. The van der Waals surface area contributed by atoms with E-state index in [-0.39, 0.29) is 11.4 Å². The number of carbonyl (C=O) groups excluding carboxylic acids is 1. The first kappa shape index (κ1) is 26.5. The molecule has 3 heterocycles. The molecule has 0 radical (unpaired) electrons. The molecule has 1 N–H and O–H groups in total. The molecule has 40 heavy (non-hydrogen) atoms. The molecule has 1 atom stereocenters. The SMILES string of the molecule is Cc1cc2c(cc1/C=C1/SC(=Nc3ccccc3)N(CCc3c[nH]c4ccccc34)C1=O)C(C)CC(C)(C)N2C. The van der Waals surface area contributed by atoms with Crippen molar-refractivity contribution in [3.05, 3.63) is 100 Å². The smallest absolute Gasteiger partial charge is 0.266 e. The molecular formula is C34H36N4OS. The Bertz CT molecular complexity index is 1650. The molecule has 6 rings (SSSR count). The van der Waals surface area contributed by atoms with Gasteiger partial charge in [-0.25, -0.2) is 4.99 Å². The van der Waals surface area contributed by atoms with Gasteiger partial charge in [0.15, 0.2) is 5.17 Å². The van der Waals surface area contributed by atoms with E-state index in [4.69, 9.17) is 4.99 Å². The highest BCUT2D eigenvalue weighted by Crippen LogP contribution is 2.44. The summed E-state index contributed by atoms with van der Waals surface area (Å²) >= 11 is 1.47. The number of amides is 1. The Morgan fingerprint density at radius 2 is 1.85 bits per heavy atom. The van der Waals surface area contributed by atoms with Crippen molar-refractivity contribution in [1.82, 2.24) is 9.88 Å². The molecule has 2 aliphatic rings. The zero-order chi connectivity index (χ0) is 28.0. The maximum absolute atomic E-state index is 13.9. The number of aliphatic imine (C=N–C) groups is 1. The number of hydrogen-bond acceptors (Lipinski definition) is 4. The Balaban J connectivity index is 1.34. The number of anilines is 1. The number of fused-ring (bicyclic) bond motifs is 2. The number of aromatic amines is 1. The lowest BCUT2D eigenvalue weighted by molar-refractivity contribution is -0.122. The number of aromatic nitrogens is 1. The van der Waals surface area contributed by atoms with Gasteiger partial charge < -0.3 is 9.88 Å². The van der Waals surface area contributed by atoms with Gasteiger partial charge in [-0.15, -0.1) is 0 Å². The largest absolute Gasteiger partial charge is 0.369 e. The zero-order valence-electron chi connectivity index (χ0n) is 23.9. The van der Waals surface area contributed by atoms with Crippen LogP contribution in [0.4, 0.5) is 11.4 Å². The van der Waals surface area contributed by atoms with Gasteiger partial charge in [0.2, 0.25) is 0 Å². The highest BCUT2D eigenvalue weighted by atomic mass is 32.2. The first-order chi connectivity index (χ1) is 19.2. The molecule has 1 fully saturated rings. The van der Waals surface area contributed by atoms with Crippen LogP contribution in [0.25, 0.3) is 17.0 Å². The average Bonchev–Trinajstić information content (AvgIpc) is 3.47. The van der Waals surface area contributed by atoms with Crippen LogP contribution in [-0.4, -0.2) is 40.1 Å². The van der Waals surface area contributed by atoms with E-state index in [1.165, 1.54) is 39.5 Å². The van der Waals surface area contributed by atoms with Crippen molar-refractivity contribution in [2.45, 2.75) is 52.0 Å². The summed E-state index contributed by atoms with van der Waals surface area (Å²) < 4.78 is 0. The second-order valence-electron chi connectivity index (χ2n) is 11.7. The van der Waals surface area contributed by atoms with Gasteiger partial charge >= 0.3 is 0 Å². The predicted molar refractivity (Wildman–Crippen MR) is 170 cm³/mol. The van der Waals surface area contributed by atoms with Crippen LogP contribution in [0.5, 0.6) is 0 Å². The number of amidine groups is 1. The second kappa shape index (κ2) is 10.3. The Morgan fingerprint density at radius 3 is 2.65 bits per heavy atom. The third-order valence-electron chi connectivity index (χ3n) is 8.46. The summed E-state index contributed by atoms with van der Waals surface area (Å²) in [4.78, 5) is 27.1. The van der Waals surface area contributed by atoms with Crippen LogP contribution >= 0.6 is 11.8 Å². The Morgan fingerprint density at radius 1 is 1.10 bits per heavy atom. The fraction of sp³-hybridized carbons (Fsp3) is 0.294. The number of hydrogen-bond donors (Lipinski definition) is 1. The second-order valence-corrected chi connectivity index (χ2v) is 12.7. The van der Waals surface area contributed by atoms with Crippen LogP contribution < -0.4 is 4.90 Å². The fourth-order valence-electron chi connectivity index (χ4n) is 6.00. The summed E-state index contributed by atoms with van der Waals surface area (Å²) in [6.45, 7) is 9.64. The van der Waals surface area contributed by atoms with Crippen LogP contribution in [-0.2, 0) is 11.2 Å². The van der Waals surface area contributed by atoms with Crippen molar-refractivity contribution in [2.24, 2.45) is 4.99 Å². The van der Waals surface area contributed by atoms with E-state index < -0.39 is 0 Å². The molecular weight excluding hydrogens is 512 g/mol. The molecule has 6 heteroatoms. The number of H-pyrrole nitrogens is 1. The first-order valence-electron chi connectivity index (χ1n) is 14.0. The molecule has 1 aromatic heterocycles. The summed E-state index contributed by atoms with van der Waals surface area (Å²) in [5.74, 6) is 0.469. The maximum Gasteiger partial charge on any atom is 0.266 e. The number of rotatable bonds is 5. The van der Waals surface area contributed by atoms with Gasteiger partial charge in [0, 0.05) is 41.9 Å². The zero-order valence-corrected chi connectivity index (χ0v) is 24.7. The van der Waals surface area contributed by atoms with E-state index in [0.717, 1.165) is 34.8 Å². The van der Waals surface area contributed by atoms with E-state index in [9.17, 15) is 4.79 Å². The molecule has 1 amide bonds. The van der Waals surface area contributed by atoms with Crippen LogP contribution in [0.3, 0.4) is 0 Å². The van der Waals surface area contributed by atoms with Crippen molar-refractivity contribution in [2.75, 3.05) is 18.5 Å². The number of aryl methyl sites for hydroxylation is 1. The predicted octanol–water partition coefficient (Wildman–Crippen LogP) is 8.05. The molecule has 204 valence electrons. The summed E-state index contributed by atoms with van der Waals surface area (Å²) in [6.07, 6.45) is 5.97. The Hall–Kier alpha value is -3.77. The normalized spacial score (nSPS) is 20.6. The highest BCUT2D eigenvalue weighted by Gasteiger charge is 2.36. The third kappa shape index (κ3) is 4.86. The van der Waals surface area contributed by atoms with E-state index in [1.807, 2.05) is 41.3 Å². The lowest BCUT2D eigenvalue weighted by Crippen LogP contribution is -2.45. The van der Waals surface area contributed by atoms with Crippen molar-refractivity contribution >= 4 is 51.2 Å². The number of para-hydroxylation sites is 2. The van der Waals surface area contributed by atoms with Gasteiger partial charge in [-0.3, -0.25) is 9.69 Å². The van der Waals surface area contributed by atoms with Crippen LogP contribution in [0.15, 0.2) is 82.8 Å². The molecule has 5 nitrogen and oxygen atoms in total. The molecule has 0 bridgehead atoms. The van der Waals surface area contributed by atoms with Crippen LogP contribution in [0.1, 0.15) is 55.4 Å². The van der Waals surface area contributed by atoms with Gasteiger partial charge in [-0.1, -0.05) is 43.3 Å². The summed E-state index contributed by atoms with van der Waals surface area (Å²) in [5.41, 5.74) is 8.21. The van der Waals surface area contributed by atoms with Gasteiger partial charge in [0.05, 0.1) is 10.6 Å². The topological polar surface area (TPSA) is 51.7 Å². The third-order valence-corrected chi connectivity index (χ3v) is 9.46. The molecule has 0 spiro atoms. The monoisotopic (exact) mass is 548 g/mol. The Labute approximate surface area is 241 Å². The van der Waals surface area contributed by atoms with Crippen LogP contribution in [0, 0.1) is 6.92 Å². The van der Waals surface area contributed by atoms with Gasteiger partial charge in [0.25, 0.3) is 5.91 Å². The number of benzene rings is 3. The van der Waals surface area contributed by atoms with Gasteiger partial charge in [0.1, 0.15) is 0 Å². The number of thioether (sulfide) groups is 1. The highest BCUT2D eigenvalue weighted by molar-refractivity contribution is 8.18. The standard InChI is InChI=1S/C34H36N4OS/c1-22-17-30-28(23(2)20-34(3,4)37(30)5)18-25(22)19-31-32(39)38(33(40-31)36-26-11-7-6-8-12-26)16-15-24-21-35-29-14-10-9-13-27(24)29/h6-14,17-19,21,23,35H,15-16,20H2,1-5H3/b31-19+,36-33?. The number of nitrogens with one attached hydrogen (secondary N) is 1. The molecule has 4 aromatic rings. The van der Waals surface area contributed by atoms with Crippen molar-refractivity contribution < 1.29 is 4.79 Å². The van der Waals surface area contributed by atoms with E-state index in [1.54, 1.807) is 0 Å². The average molecular weight is 549 g/mol. The summed E-state index contributed by atoms with van der Waals surface area (Å²) in [7, 11) is 2.19. The molecule has 2 aliphatic heterocycles. The minimum absolute atomic E-state index is 0.0166. The Kier molecular flexibility index (Phi) is 6.83. The van der Waals surface area contributed by atoms with Crippen LogP contribution in [0.2, 0.25) is 0 Å². The molecule has 0 aliphatic carbocycles. The minimum atomic E-state index is 0.0166. The molecule has 1 unspecified atom stereocenters. The van der Waals surface area contributed by atoms with Crippen molar-refractivity contribution in [3.63, 3.8) is 0 Å². The summed E-state index contributed by atoms with van der Waals surface area (Å²) in [6, 6.07) is 22.8. The van der Waals surface area contributed by atoms with E-state index in [2.05, 4.69) is 87.2 Å². The van der Waals surface area contributed by atoms with E-state index >= 15 is 0 Å². The number of nitrogens with zero attached hydrogens (tertiary/aromatic N) is 3. The van der Waals surface area contributed by atoms with Crippen molar-refractivity contribution in [1.29, 1.82) is 0 Å². The van der Waals surface area contributed by atoms with E-state index in [0.29, 0.717) is 17.4 Å². The van der Waals surface area contributed by atoms with Crippen molar-refractivity contribution in [3.8, 4) is 0 Å². The molecule has 1 saturated heterocycles. The van der Waals surface area contributed by atoms with Gasteiger partial charge in [-0.05, 0) is 110 Å². The number of carbonyl (C=O) groups is 1. The summed E-state index contributed by atoms with van der Waals surface area (Å²) in [5, 5.41) is 1.93. The minimum Gasteiger partial charge on any atom is -0.369 e. The molecule has 0 saturated carbocycles.